The smallest absolute Gasteiger partial charge is 0.128 e. The van der Waals surface area contributed by atoms with Gasteiger partial charge in [-0.25, -0.2) is 0 Å². The Bertz CT molecular complexity index is 753. The van der Waals surface area contributed by atoms with Crippen LogP contribution in [0.25, 0.3) is 10.8 Å². The van der Waals surface area contributed by atoms with Gasteiger partial charge in [0, 0.05) is 16.0 Å². The van der Waals surface area contributed by atoms with Gasteiger partial charge in [-0.15, -0.1) is 0 Å². The van der Waals surface area contributed by atoms with Gasteiger partial charge < -0.3 is 10.8 Å². The summed E-state index contributed by atoms with van der Waals surface area (Å²) in [6, 6.07) is 18.5. The molecule has 0 radical (unpaired) electrons. The largest absolute Gasteiger partial charge is 0.507 e. The number of phenolic OH excluding ortho intramolecular Hbond substituents is 1. The number of hydrogen-bond acceptors (Lipinski definition) is 2. The summed E-state index contributed by atoms with van der Waals surface area (Å²) in [5.41, 5.74) is 7.89. The van der Waals surface area contributed by atoms with E-state index in [9.17, 15) is 5.11 Å². The monoisotopic (exact) mass is 283 g/mol. The van der Waals surface area contributed by atoms with Crippen molar-refractivity contribution in [1.82, 2.24) is 0 Å². The first-order valence-corrected chi connectivity index (χ1v) is 6.76. The summed E-state index contributed by atoms with van der Waals surface area (Å²) in [7, 11) is 0. The van der Waals surface area contributed by atoms with E-state index >= 15 is 0 Å². The van der Waals surface area contributed by atoms with Gasteiger partial charge in [-0.2, -0.15) is 0 Å². The van der Waals surface area contributed by atoms with Crippen molar-refractivity contribution in [3.05, 3.63) is 76.8 Å². The molecule has 0 amide bonds. The first-order chi connectivity index (χ1) is 9.66. The van der Waals surface area contributed by atoms with Gasteiger partial charge in [0.2, 0.25) is 0 Å². The summed E-state index contributed by atoms with van der Waals surface area (Å²) in [5.74, 6) is 0.241. The summed E-state index contributed by atoms with van der Waals surface area (Å²) < 4.78 is 0. The second-order valence-electron chi connectivity index (χ2n) is 4.75. The first kappa shape index (κ1) is 13.0. The molecule has 3 aromatic carbocycles. The summed E-state index contributed by atoms with van der Waals surface area (Å²) in [4.78, 5) is 0. The van der Waals surface area contributed by atoms with Gasteiger partial charge in [0.15, 0.2) is 0 Å². The summed E-state index contributed by atoms with van der Waals surface area (Å²) in [5, 5.41) is 12.9. The molecule has 0 aromatic heterocycles. The highest BCUT2D eigenvalue weighted by Crippen LogP contribution is 2.34. The molecule has 0 aliphatic heterocycles. The van der Waals surface area contributed by atoms with E-state index in [1.54, 1.807) is 12.1 Å². The minimum absolute atomic E-state index is 0.241. The molecular formula is C17H14ClNO. The van der Waals surface area contributed by atoms with Gasteiger partial charge in [0.25, 0.3) is 0 Å². The molecule has 3 heteroatoms. The minimum Gasteiger partial charge on any atom is -0.507 e. The third-order valence-corrected chi connectivity index (χ3v) is 3.75. The van der Waals surface area contributed by atoms with Crippen LogP contribution in [0, 0.1) is 0 Å². The Morgan fingerprint density at radius 2 is 1.60 bits per heavy atom. The number of hydrogen-bond donors (Lipinski definition) is 2. The Balaban J connectivity index is 2.09. The molecule has 1 unspecified atom stereocenters. The van der Waals surface area contributed by atoms with Crippen LogP contribution in [0.4, 0.5) is 0 Å². The Labute approximate surface area is 122 Å². The van der Waals surface area contributed by atoms with Crippen LogP contribution >= 0.6 is 11.6 Å². The molecule has 3 rings (SSSR count). The van der Waals surface area contributed by atoms with E-state index in [0.29, 0.717) is 10.6 Å². The van der Waals surface area contributed by atoms with Crippen LogP contribution in [-0.2, 0) is 0 Å². The van der Waals surface area contributed by atoms with Crippen molar-refractivity contribution in [3.8, 4) is 5.75 Å². The Kier molecular flexibility index (Phi) is 3.35. The number of nitrogens with two attached hydrogens (primary N) is 1. The molecule has 0 spiro atoms. The maximum Gasteiger partial charge on any atom is 0.128 e. The summed E-state index contributed by atoms with van der Waals surface area (Å²) >= 11 is 5.88. The highest BCUT2D eigenvalue weighted by molar-refractivity contribution is 6.30. The van der Waals surface area contributed by atoms with E-state index in [0.717, 1.165) is 16.3 Å². The molecule has 0 saturated carbocycles. The van der Waals surface area contributed by atoms with Crippen molar-refractivity contribution < 1.29 is 5.11 Å². The van der Waals surface area contributed by atoms with E-state index < -0.39 is 0 Å². The highest BCUT2D eigenvalue weighted by atomic mass is 35.5. The van der Waals surface area contributed by atoms with E-state index in [2.05, 4.69) is 0 Å². The summed E-state index contributed by atoms with van der Waals surface area (Å²) in [6.45, 7) is 0. The highest BCUT2D eigenvalue weighted by Gasteiger charge is 2.15. The maximum atomic E-state index is 10.4. The third kappa shape index (κ3) is 2.24. The quantitative estimate of drug-likeness (QED) is 0.739. The van der Waals surface area contributed by atoms with Crippen LogP contribution in [0.3, 0.4) is 0 Å². The third-order valence-electron chi connectivity index (χ3n) is 3.50. The minimum atomic E-state index is -0.378. The number of halogens is 1. The summed E-state index contributed by atoms with van der Waals surface area (Å²) in [6.07, 6.45) is 0. The average molecular weight is 284 g/mol. The molecular weight excluding hydrogens is 270 g/mol. The number of aromatic hydroxyl groups is 1. The second kappa shape index (κ2) is 5.16. The van der Waals surface area contributed by atoms with Crippen LogP contribution in [0.5, 0.6) is 5.75 Å². The standard InChI is InChI=1S/C17H14ClNO/c18-13-8-5-12(6-9-13)16(19)15-10-7-11-3-1-2-4-14(11)17(15)20/h1-10,16,20H,19H2. The number of benzene rings is 3. The fraction of sp³-hybridized carbons (Fsp3) is 0.0588. The predicted molar refractivity (Wildman–Crippen MR) is 83.1 cm³/mol. The van der Waals surface area contributed by atoms with Crippen molar-refractivity contribution in [2.45, 2.75) is 6.04 Å². The van der Waals surface area contributed by atoms with Gasteiger partial charge in [-0.05, 0) is 23.1 Å². The molecule has 0 aliphatic rings. The molecule has 0 fully saturated rings. The fourth-order valence-electron chi connectivity index (χ4n) is 2.37. The van der Waals surface area contributed by atoms with Gasteiger partial charge in [0.1, 0.15) is 5.75 Å². The normalized spacial score (nSPS) is 12.5. The molecule has 0 saturated heterocycles. The molecule has 3 N–H and O–H groups in total. The zero-order chi connectivity index (χ0) is 14.1. The van der Waals surface area contributed by atoms with Gasteiger partial charge in [-0.3, -0.25) is 0 Å². The van der Waals surface area contributed by atoms with Crippen molar-refractivity contribution in [1.29, 1.82) is 0 Å². The lowest BCUT2D eigenvalue weighted by Crippen LogP contribution is -2.11. The van der Waals surface area contributed by atoms with E-state index in [4.69, 9.17) is 17.3 Å². The van der Waals surface area contributed by atoms with E-state index in [1.807, 2.05) is 48.5 Å². The van der Waals surface area contributed by atoms with Gasteiger partial charge in [0.05, 0.1) is 6.04 Å². The van der Waals surface area contributed by atoms with Crippen molar-refractivity contribution >= 4 is 22.4 Å². The molecule has 2 nitrogen and oxygen atoms in total. The van der Waals surface area contributed by atoms with Crippen LogP contribution in [0.2, 0.25) is 5.02 Å². The lowest BCUT2D eigenvalue weighted by Gasteiger charge is -2.15. The second-order valence-corrected chi connectivity index (χ2v) is 5.19. The molecule has 1 atom stereocenters. The molecule has 100 valence electrons. The van der Waals surface area contributed by atoms with Crippen molar-refractivity contribution in [2.75, 3.05) is 0 Å². The Hall–Kier alpha value is -2.03. The van der Waals surface area contributed by atoms with Crippen molar-refractivity contribution in [3.63, 3.8) is 0 Å². The topological polar surface area (TPSA) is 46.2 Å². The molecule has 3 aromatic rings. The van der Waals surface area contributed by atoms with Crippen LogP contribution in [0.15, 0.2) is 60.7 Å². The zero-order valence-corrected chi connectivity index (χ0v) is 11.5. The lowest BCUT2D eigenvalue weighted by molar-refractivity contribution is 0.472. The molecule has 0 bridgehead atoms. The number of phenols is 1. The van der Waals surface area contributed by atoms with Crippen LogP contribution < -0.4 is 5.73 Å². The van der Waals surface area contributed by atoms with Crippen molar-refractivity contribution in [2.24, 2.45) is 5.73 Å². The fourth-order valence-corrected chi connectivity index (χ4v) is 2.50. The molecule has 0 heterocycles. The SMILES string of the molecule is NC(c1ccc(Cl)cc1)c1ccc2ccccc2c1O. The zero-order valence-electron chi connectivity index (χ0n) is 10.8. The number of rotatable bonds is 2. The maximum absolute atomic E-state index is 10.4. The van der Waals surface area contributed by atoms with Gasteiger partial charge >= 0.3 is 0 Å². The Morgan fingerprint density at radius 3 is 2.35 bits per heavy atom. The first-order valence-electron chi connectivity index (χ1n) is 6.38. The number of fused-ring (bicyclic) bond motifs is 1. The molecule has 0 aliphatic carbocycles. The van der Waals surface area contributed by atoms with Gasteiger partial charge in [-0.1, -0.05) is 60.1 Å². The molecule has 20 heavy (non-hydrogen) atoms. The Morgan fingerprint density at radius 1 is 0.900 bits per heavy atom. The van der Waals surface area contributed by atoms with Crippen LogP contribution in [0.1, 0.15) is 17.2 Å². The predicted octanol–water partition coefficient (Wildman–Crippen LogP) is 4.25. The van der Waals surface area contributed by atoms with E-state index in [-0.39, 0.29) is 11.8 Å². The van der Waals surface area contributed by atoms with Crippen LogP contribution in [-0.4, -0.2) is 5.11 Å². The lowest BCUT2D eigenvalue weighted by atomic mass is 9.96. The van der Waals surface area contributed by atoms with E-state index in [1.165, 1.54) is 0 Å². The average Bonchev–Trinajstić information content (AvgIpc) is 2.48.